The van der Waals surface area contributed by atoms with Crippen molar-refractivity contribution in [2.45, 2.75) is 12.8 Å². The maximum Gasteiger partial charge on any atom is 0.0677 e. The molecule has 2 nitrogen and oxygen atoms in total. The Labute approximate surface area is 88.1 Å². The minimum absolute atomic E-state index is 0.543. The van der Waals surface area contributed by atoms with Crippen LogP contribution in [0.15, 0.2) is 36.7 Å². The molecule has 1 aromatic carbocycles. The van der Waals surface area contributed by atoms with Crippen molar-refractivity contribution in [2.24, 2.45) is 0 Å². The largest absolute Gasteiger partial charge is 0.241 e. The molecule has 0 unspecified atom stereocenters. The highest BCUT2D eigenvalue weighted by Crippen LogP contribution is 2.18. The molecule has 0 amide bonds. The lowest BCUT2D eigenvalue weighted by Gasteiger charge is -2.08. The van der Waals surface area contributed by atoms with Crippen molar-refractivity contribution in [1.82, 2.24) is 9.78 Å². The molecule has 0 fully saturated rings. The van der Waals surface area contributed by atoms with Crippen molar-refractivity contribution in [3.63, 3.8) is 0 Å². The fourth-order valence-corrected chi connectivity index (χ4v) is 1.76. The van der Waals surface area contributed by atoms with Crippen LogP contribution in [0.1, 0.15) is 11.1 Å². The van der Waals surface area contributed by atoms with Gasteiger partial charge in [0.2, 0.25) is 0 Å². The van der Waals surface area contributed by atoms with Crippen LogP contribution in [-0.2, 0) is 5.88 Å². The molecule has 0 aliphatic heterocycles. The summed E-state index contributed by atoms with van der Waals surface area (Å²) >= 11 is 5.84. The van der Waals surface area contributed by atoms with Crippen LogP contribution in [-0.4, -0.2) is 9.78 Å². The van der Waals surface area contributed by atoms with Crippen molar-refractivity contribution >= 4 is 11.6 Å². The van der Waals surface area contributed by atoms with Crippen molar-refractivity contribution < 1.29 is 0 Å². The Hall–Kier alpha value is -1.28. The Morgan fingerprint density at radius 1 is 1.36 bits per heavy atom. The molecule has 0 aliphatic rings. The van der Waals surface area contributed by atoms with E-state index >= 15 is 0 Å². The van der Waals surface area contributed by atoms with Gasteiger partial charge in [-0.05, 0) is 30.2 Å². The fraction of sp³-hybridized carbons (Fsp3) is 0.182. The van der Waals surface area contributed by atoms with E-state index in [1.165, 1.54) is 5.56 Å². The van der Waals surface area contributed by atoms with Crippen LogP contribution in [0.5, 0.6) is 0 Å². The normalized spacial score (nSPS) is 10.4. The number of hydrogen-bond acceptors (Lipinski definition) is 1. The second-order valence-corrected chi connectivity index (χ2v) is 3.41. The van der Waals surface area contributed by atoms with E-state index in [1.54, 1.807) is 6.20 Å². The zero-order chi connectivity index (χ0) is 9.97. The zero-order valence-corrected chi connectivity index (χ0v) is 8.70. The van der Waals surface area contributed by atoms with Crippen LogP contribution < -0.4 is 0 Å². The second kappa shape index (κ2) is 3.84. The van der Waals surface area contributed by atoms with E-state index in [-0.39, 0.29) is 0 Å². The van der Waals surface area contributed by atoms with E-state index in [2.05, 4.69) is 12.0 Å². The predicted molar refractivity (Wildman–Crippen MR) is 57.9 cm³/mol. The Kier molecular flexibility index (Phi) is 2.55. The highest BCUT2D eigenvalue weighted by molar-refractivity contribution is 6.17. The number of alkyl halides is 1. The first-order valence-electron chi connectivity index (χ1n) is 4.47. The molecule has 0 radical (unpaired) electrons. The molecule has 0 saturated heterocycles. The molecule has 14 heavy (non-hydrogen) atoms. The number of aromatic nitrogens is 2. The van der Waals surface area contributed by atoms with Gasteiger partial charge in [0.25, 0.3) is 0 Å². The Morgan fingerprint density at radius 2 is 2.21 bits per heavy atom. The van der Waals surface area contributed by atoms with Gasteiger partial charge >= 0.3 is 0 Å². The van der Waals surface area contributed by atoms with Gasteiger partial charge in [-0.25, -0.2) is 4.68 Å². The molecule has 0 aliphatic carbocycles. The molecule has 0 bridgehead atoms. The molecule has 1 aromatic heterocycles. The number of rotatable bonds is 2. The Balaban J connectivity index is 2.54. The lowest BCUT2D eigenvalue weighted by molar-refractivity contribution is 0.870. The summed E-state index contributed by atoms with van der Waals surface area (Å²) in [6.45, 7) is 2.06. The third-order valence-electron chi connectivity index (χ3n) is 2.31. The van der Waals surface area contributed by atoms with Gasteiger partial charge in [0.15, 0.2) is 0 Å². The Morgan fingerprint density at radius 3 is 2.86 bits per heavy atom. The van der Waals surface area contributed by atoms with E-state index in [4.69, 9.17) is 11.6 Å². The molecular formula is C11H11ClN2. The van der Waals surface area contributed by atoms with E-state index < -0.39 is 0 Å². The summed E-state index contributed by atoms with van der Waals surface area (Å²) in [6, 6.07) is 7.99. The monoisotopic (exact) mass is 206 g/mol. The average molecular weight is 207 g/mol. The van der Waals surface area contributed by atoms with Gasteiger partial charge in [0.05, 0.1) is 5.69 Å². The Bertz CT molecular complexity index is 421. The van der Waals surface area contributed by atoms with Crippen molar-refractivity contribution in [3.05, 3.63) is 47.8 Å². The van der Waals surface area contributed by atoms with E-state index in [9.17, 15) is 0 Å². The number of nitrogens with zero attached hydrogens (tertiary/aromatic N) is 2. The molecule has 72 valence electrons. The van der Waals surface area contributed by atoms with Crippen LogP contribution in [0, 0.1) is 6.92 Å². The first kappa shape index (κ1) is 9.28. The average Bonchev–Trinajstić information content (AvgIpc) is 2.71. The van der Waals surface area contributed by atoms with Crippen LogP contribution >= 0.6 is 11.6 Å². The molecular weight excluding hydrogens is 196 g/mol. The van der Waals surface area contributed by atoms with Crippen LogP contribution in [0.2, 0.25) is 0 Å². The highest BCUT2D eigenvalue weighted by atomic mass is 35.5. The zero-order valence-electron chi connectivity index (χ0n) is 7.94. The maximum atomic E-state index is 5.84. The van der Waals surface area contributed by atoms with Gasteiger partial charge in [-0.15, -0.1) is 11.6 Å². The molecule has 0 atom stereocenters. The summed E-state index contributed by atoms with van der Waals surface area (Å²) in [4.78, 5) is 0. The summed E-state index contributed by atoms with van der Waals surface area (Å²) < 4.78 is 1.85. The summed E-state index contributed by atoms with van der Waals surface area (Å²) in [7, 11) is 0. The fourth-order valence-electron chi connectivity index (χ4n) is 1.47. The third-order valence-corrected chi connectivity index (χ3v) is 2.60. The van der Waals surface area contributed by atoms with Crippen LogP contribution in [0.25, 0.3) is 5.69 Å². The maximum absolute atomic E-state index is 5.84. The smallest absolute Gasteiger partial charge is 0.0677 e. The summed E-state index contributed by atoms with van der Waals surface area (Å²) in [5, 5.41) is 4.20. The van der Waals surface area contributed by atoms with Crippen LogP contribution in [0.4, 0.5) is 0 Å². The van der Waals surface area contributed by atoms with E-state index in [0.717, 1.165) is 11.3 Å². The SMILES string of the molecule is Cc1c(CCl)cccc1-n1cccn1. The van der Waals surface area contributed by atoms with E-state index in [1.807, 2.05) is 35.1 Å². The molecule has 2 rings (SSSR count). The predicted octanol–water partition coefficient (Wildman–Crippen LogP) is 2.92. The number of halogens is 1. The van der Waals surface area contributed by atoms with Gasteiger partial charge in [-0.2, -0.15) is 5.10 Å². The van der Waals surface area contributed by atoms with Crippen molar-refractivity contribution in [1.29, 1.82) is 0 Å². The summed E-state index contributed by atoms with van der Waals surface area (Å²) in [6.07, 6.45) is 3.70. The number of hydrogen-bond donors (Lipinski definition) is 0. The van der Waals surface area contributed by atoms with Crippen molar-refractivity contribution in [2.75, 3.05) is 0 Å². The minimum Gasteiger partial charge on any atom is -0.241 e. The van der Waals surface area contributed by atoms with Crippen LogP contribution in [0.3, 0.4) is 0 Å². The summed E-state index contributed by atoms with van der Waals surface area (Å²) in [5.74, 6) is 0.543. The first-order valence-corrected chi connectivity index (χ1v) is 5.01. The molecule has 2 aromatic rings. The topological polar surface area (TPSA) is 17.8 Å². The second-order valence-electron chi connectivity index (χ2n) is 3.15. The van der Waals surface area contributed by atoms with Crippen molar-refractivity contribution in [3.8, 4) is 5.69 Å². The quantitative estimate of drug-likeness (QED) is 0.691. The van der Waals surface area contributed by atoms with Gasteiger partial charge in [-0.1, -0.05) is 12.1 Å². The summed E-state index contributed by atoms with van der Waals surface area (Å²) in [5.41, 5.74) is 3.43. The lowest BCUT2D eigenvalue weighted by atomic mass is 10.1. The molecule has 1 heterocycles. The minimum atomic E-state index is 0.543. The standard InChI is InChI=1S/C11H11ClN2/c1-9-10(8-12)4-2-5-11(9)14-7-3-6-13-14/h2-7H,8H2,1H3. The molecule has 0 spiro atoms. The first-order chi connectivity index (χ1) is 6.83. The van der Waals surface area contributed by atoms with Gasteiger partial charge in [0, 0.05) is 18.3 Å². The highest BCUT2D eigenvalue weighted by Gasteiger charge is 2.04. The third kappa shape index (κ3) is 1.53. The van der Waals surface area contributed by atoms with Gasteiger partial charge in [0.1, 0.15) is 0 Å². The van der Waals surface area contributed by atoms with Gasteiger partial charge in [-0.3, -0.25) is 0 Å². The van der Waals surface area contributed by atoms with E-state index in [0.29, 0.717) is 5.88 Å². The molecule has 3 heteroatoms. The number of benzene rings is 1. The van der Waals surface area contributed by atoms with Gasteiger partial charge < -0.3 is 0 Å². The lowest BCUT2D eigenvalue weighted by Crippen LogP contribution is -1.99. The molecule has 0 saturated carbocycles. The molecule has 0 N–H and O–H groups in total.